The predicted molar refractivity (Wildman–Crippen MR) is 150 cm³/mol. The second kappa shape index (κ2) is 10.8. The number of ether oxygens (including phenoxy) is 4. The van der Waals surface area contributed by atoms with Crippen molar-refractivity contribution in [3.8, 4) is 34.0 Å². The van der Waals surface area contributed by atoms with Gasteiger partial charge >= 0.3 is 0 Å². The number of morpholine rings is 2. The van der Waals surface area contributed by atoms with Crippen molar-refractivity contribution < 1.29 is 18.9 Å². The van der Waals surface area contributed by atoms with E-state index >= 15 is 0 Å². The van der Waals surface area contributed by atoms with E-state index in [4.69, 9.17) is 29.1 Å². The van der Waals surface area contributed by atoms with Gasteiger partial charge in [-0.05, 0) is 60.7 Å². The Bertz CT molecular complexity index is 1290. The van der Waals surface area contributed by atoms with Crippen LogP contribution in [0.5, 0.6) is 11.5 Å². The van der Waals surface area contributed by atoms with Crippen molar-refractivity contribution in [2.75, 3.05) is 76.6 Å². The van der Waals surface area contributed by atoms with Crippen LogP contribution in [0.3, 0.4) is 0 Å². The van der Waals surface area contributed by atoms with Crippen LogP contribution in [0.4, 0.5) is 11.4 Å². The molecule has 6 rings (SSSR count). The molecule has 2 aliphatic heterocycles. The van der Waals surface area contributed by atoms with E-state index in [-0.39, 0.29) is 0 Å². The molecule has 0 unspecified atom stereocenters. The summed E-state index contributed by atoms with van der Waals surface area (Å²) in [4.78, 5) is 4.86. The number of anilines is 2. The van der Waals surface area contributed by atoms with E-state index in [1.165, 1.54) is 11.4 Å². The number of methoxy groups -OCH3 is 2. The van der Waals surface area contributed by atoms with Gasteiger partial charge in [0.25, 0.3) is 0 Å². The van der Waals surface area contributed by atoms with E-state index in [1.807, 2.05) is 48.5 Å². The monoisotopic (exact) mass is 512 g/mol. The van der Waals surface area contributed by atoms with Crippen LogP contribution in [-0.2, 0) is 9.47 Å². The first kappa shape index (κ1) is 24.5. The van der Waals surface area contributed by atoms with E-state index in [0.29, 0.717) is 0 Å². The Hall–Kier alpha value is -3.88. The molecule has 38 heavy (non-hydrogen) atoms. The van der Waals surface area contributed by atoms with Crippen LogP contribution in [0.15, 0.2) is 60.7 Å². The van der Waals surface area contributed by atoms with Crippen molar-refractivity contribution in [1.82, 2.24) is 10.2 Å². The van der Waals surface area contributed by atoms with Gasteiger partial charge in [-0.25, -0.2) is 0 Å². The SMILES string of the molecule is COc1ccc(-c2nnc(-c3ccc(OC)cc3)c3cc(N4CCOCC4)c(N4CCOCC4)cc23)cc1. The number of hydrogen-bond donors (Lipinski definition) is 0. The summed E-state index contributed by atoms with van der Waals surface area (Å²) < 4.78 is 22.1. The topological polar surface area (TPSA) is 69.2 Å². The largest absolute Gasteiger partial charge is 0.497 e. The molecular formula is C30H32N4O4. The number of hydrogen-bond acceptors (Lipinski definition) is 8. The lowest BCUT2D eigenvalue weighted by molar-refractivity contribution is 0.121. The molecule has 0 aliphatic carbocycles. The number of fused-ring (bicyclic) bond motifs is 1. The minimum Gasteiger partial charge on any atom is -0.497 e. The zero-order valence-corrected chi connectivity index (χ0v) is 21.9. The third kappa shape index (κ3) is 4.73. The lowest BCUT2D eigenvalue weighted by Crippen LogP contribution is -2.40. The molecule has 4 aromatic rings. The Balaban J connectivity index is 1.59. The minimum atomic E-state index is 0.720. The van der Waals surface area contributed by atoms with E-state index < -0.39 is 0 Å². The molecule has 1 aromatic heterocycles. The predicted octanol–water partition coefficient (Wildman–Crippen LogP) is 4.65. The van der Waals surface area contributed by atoms with Gasteiger partial charge in [0, 0.05) is 48.1 Å². The van der Waals surface area contributed by atoms with Crippen molar-refractivity contribution in [2.45, 2.75) is 0 Å². The molecule has 2 fully saturated rings. The number of benzene rings is 3. The first-order valence-corrected chi connectivity index (χ1v) is 13.0. The number of aromatic nitrogens is 2. The zero-order valence-electron chi connectivity index (χ0n) is 21.9. The van der Waals surface area contributed by atoms with Crippen LogP contribution in [0.25, 0.3) is 33.3 Å². The molecule has 3 aromatic carbocycles. The lowest BCUT2D eigenvalue weighted by Gasteiger charge is -2.36. The van der Waals surface area contributed by atoms with Gasteiger partial charge in [-0.1, -0.05) is 0 Å². The molecule has 0 radical (unpaired) electrons. The summed E-state index contributed by atoms with van der Waals surface area (Å²) in [6.45, 7) is 6.29. The van der Waals surface area contributed by atoms with Crippen LogP contribution >= 0.6 is 0 Å². The smallest absolute Gasteiger partial charge is 0.118 e. The average molecular weight is 513 g/mol. The molecule has 0 saturated carbocycles. The van der Waals surface area contributed by atoms with E-state index in [0.717, 1.165) is 97.4 Å². The van der Waals surface area contributed by atoms with Crippen LogP contribution in [0, 0.1) is 0 Å². The summed E-state index contributed by atoms with van der Waals surface area (Å²) in [6.07, 6.45) is 0. The van der Waals surface area contributed by atoms with Crippen LogP contribution in [0.2, 0.25) is 0 Å². The van der Waals surface area contributed by atoms with Gasteiger partial charge in [0.2, 0.25) is 0 Å². The summed E-state index contributed by atoms with van der Waals surface area (Å²) in [5, 5.41) is 11.7. The quantitative estimate of drug-likeness (QED) is 0.370. The summed E-state index contributed by atoms with van der Waals surface area (Å²) >= 11 is 0. The first-order valence-electron chi connectivity index (χ1n) is 13.0. The first-order chi connectivity index (χ1) is 18.7. The average Bonchev–Trinajstić information content (AvgIpc) is 3.01. The standard InChI is InChI=1S/C30H32N4O4/c1-35-23-7-3-21(4-8-23)29-25-19-27(33-11-15-37-16-12-33)28(34-13-17-38-18-14-34)20-26(25)30(32-31-29)22-5-9-24(36-2)10-6-22/h3-10,19-20H,11-18H2,1-2H3. The molecule has 0 N–H and O–H groups in total. The zero-order chi connectivity index (χ0) is 25.9. The molecule has 0 bridgehead atoms. The van der Waals surface area contributed by atoms with Gasteiger partial charge < -0.3 is 28.7 Å². The Morgan fingerprint density at radius 1 is 0.579 bits per heavy atom. The fourth-order valence-corrected chi connectivity index (χ4v) is 5.22. The number of rotatable bonds is 6. The Morgan fingerprint density at radius 3 is 1.29 bits per heavy atom. The van der Waals surface area contributed by atoms with Crippen LogP contribution < -0.4 is 19.3 Å². The van der Waals surface area contributed by atoms with E-state index in [1.54, 1.807) is 14.2 Å². The second-order valence-corrected chi connectivity index (χ2v) is 9.44. The van der Waals surface area contributed by atoms with Crippen LogP contribution in [-0.4, -0.2) is 77.0 Å². The van der Waals surface area contributed by atoms with Crippen molar-refractivity contribution in [3.05, 3.63) is 60.7 Å². The maximum absolute atomic E-state index is 5.69. The van der Waals surface area contributed by atoms with Gasteiger partial charge in [0.1, 0.15) is 22.9 Å². The highest BCUT2D eigenvalue weighted by Crippen LogP contribution is 2.41. The Morgan fingerprint density at radius 2 is 0.947 bits per heavy atom. The van der Waals surface area contributed by atoms with Gasteiger partial charge in [0.05, 0.1) is 52.0 Å². The minimum absolute atomic E-state index is 0.720. The molecule has 8 nitrogen and oxygen atoms in total. The van der Waals surface area contributed by atoms with Crippen molar-refractivity contribution in [2.24, 2.45) is 0 Å². The van der Waals surface area contributed by atoms with Crippen molar-refractivity contribution >= 4 is 22.1 Å². The van der Waals surface area contributed by atoms with Crippen LogP contribution in [0.1, 0.15) is 0 Å². The highest BCUT2D eigenvalue weighted by molar-refractivity contribution is 6.06. The third-order valence-corrected chi connectivity index (χ3v) is 7.31. The van der Waals surface area contributed by atoms with Gasteiger partial charge in [-0.15, -0.1) is 10.2 Å². The van der Waals surface area contributed by atoms with Crippen molar-refractivity contribution in [3.63, 3.8) is 0 Å². The molecule has 0 atom stereocenters. The highest BCUT2D eigenvalue weighted by Gasteiger charge is 2.24. The van der Waals surface area contributed by atoms with Gasteiger partial charge in [-0.2, -0.15) is 0 Å². The fraction of sp³-hybridized carbons (Fsp3) is 0.333. The summed E-state index contributed by atoms with van der Waals surface area (Å²) in [7, 11) is 3.35. The Labute approximate surface area is 222 Å². The molecule has 2 aliphatic rings. The van der Waals surface area contributed by atoms with E-state index in [2.05, 4.69) is 21.9 Å². The normalized spacial score (nSPS) is 16.1. The molecule has 2 saturated heterocycles. The maximum Gasteiger partial charge on any atom is 0.118 e. The molecular weight excluding hydrogens is 480 g/mol. The molecule has 0 amide bonds. The molecule has 8 heteroatoms. The second-order valence-electron chi connectivity index (χ2n) is 9.44. The van der Waals surface area contributed by atoms with Crippen molar-refractivity contribution in [1.29, 1.82) is 0 Å². The van der Waals surface area contributed by atoms with Gasteiger partial charge in [-0.3, -0.25) is 0 Å². The summed E-state index contributed by atoms with van der Waals surface area (Å²) in [5.74, 6) is 1.62. The van der Waals surface area contributed by atoms with Gasteiger partial charge in [0.15, 0.2) is 0 Å². The third-order valence-electron chi connectivity index (χ3n) is 7.31. The highest BCUT2D eigenvalue weighted by atomic mass is 16.5. The summed E-state index contributed by atoms with van der Waals surface area (Å²) in [6, 6.07) is 20.6. The fourth-order valence-electron chi connectivity index (χ4n) is 5.22. The molecule has 3 heterocycles. The molecule has 0 spiro atoms. The number of nitrogens with zero attached hydrogens (tertiary/aromatic N) is 4. The summed E-state index contributed by atoms with van der Waals surface area (Å²) in [5.41, 5.74) is 6.09. The Kier molecular flexibility index (Phi) is 6.98. The molecule has 196 valence electrons. The van der Waals surface area contributed by atoms with E-state index in [9.17, 15) is 0 Å². The lowest BCUT2D eigenvalue weighted by atomic mass is 9.98. The maximum atomic E-state index is 5.69.